The fourth-order valence-electron chi connectivity index (χ4n) is 3.66. The van der Waals surface area contributed by atoms with Crippen LogP contribution in [0, 0.1) is 11.8 Å². The molecule has 2 amide bonds. The van der Waals surface area contributed by atoms with Gasteiger partial charge in [-0.05, 0) is 13.3 Å². The van der Waals surface area contributed by atoms with E-state index in [1.807, 2.05) is 6.92 Å². The van der Waals surface area contributed by atoms with Gasteiger partial charge in [0.15, 0.2) is 5.13 Å². The molecule has 0 aromatic carbocycles. The van der Waals surface area contributed by atoms with Crippen molar-refractivity contribution >= 4 is 28.5 Å². The van der Waals surface area contributed by atoms with Crippen LogP contribution in [0.5, 0.6) is 0 Å². The Bertz CT molecular complexity index is 706. The summed E-state index contributed by atoms with van der Waals surface area (Å²) in [5, 5.41) is 7.50. The predicted octanol–water partition coefficient (Wildman–Crippen LogP) is 1.47. The topological polar surface area (TPSA) is 102 Å². The van der Waals surface area contributed by atoms with Crippen molar-refractivity contribution in [3.63, 3.8) is 0 Å². The second kappa shape index (κ2) is 5.45. The van der Waals surface area contributed by atoms with Gasteiger partial charge >= 0.3 is 6.09 Å². The number of fused-ring (bicyclic) bond motifs is 3. The van der Waals surface area contributed by atoms with Gasteiger partial charge in [0.05, 0.1) is 23.9 Å². The molecule has 3 aliphatic rings. The zero-order valence-corrected chi connectivity index (χ0v) is 14.0. The summed E-state index contributed by atoms with van der Waals surface area (Å²) in [4.78, 5) is 28.2. The molecule has 1 aliphatic carbocycles. The van der Waals surface area contributed by atoms with Crippen LogP contribution in [-0.4, -0.2) is 42.0 Å². The maximum Gasteiger partial charge on any atom is 0.409 e. The third kappa shape index (κ3) is 2.35. The number of carbonyl (C=O) groups is 2. The van der Waals surface area contributed by atoms with Crippen LogP contribution in [0.1, 0.15) is 13.3 Å². The molecule has 5 atom stereocenters. The summed E-state index contributed by atoms with van der Waals surface area (Å²) in [5.74, 6) is -0.554. The molecule has 24 heavy (non-hydrogen) atoms. The molecule has 2 aliphatic heterocycles. The third-order valence-electron chi connectivity index (χ3n) is 4.91. The highest BCUT2D eigenvalue weighted by Crippen LogP contribution is 2.60. The van der Waals surface area contributed by atoms with Crippen LogP contribution >= 0.6 is 11.3 Å². The Balaban J connectivity index is 1.56. The molecular weight excluding hydrogens is 334 g/mol. The average Bonchev–Trinajstić information content (AvgIpc) is 2.91. The lowest BCUT2D eigenvalue weighted by Crippen LogP contribution is -2.44. The molecule has 0 radical (unpaired) electrons. The number of hydrogen-bond acceptors (Lipinski definition) is 7. The van der Waals surface area contributed by atoms with Crippen LogP contribution in [-0.2, 0) is 19.0 Å². The van der Waals surface area contributed by atoms with Gasteiger partial charge < -0.3 is 19.5 Å². The van der Waals surface area contributed by atoms with Gasteiger partial charge in [0.25, 0.3) is 12.2 Å². The van der Waals surface area contributed by atoms with Crippen molar-refractivity contribution in [2.75, 3.05) is 12.4 Å². The molecule has 128 valence electrons. The number of aromatic nitrogens is 1. The Morgan fingerprint density at radius 1 is 1.50 bits per heavy atom. The van der Waals surface area contributed by atoms with Gasteiger partial charge in [0.2, 0.25) is 0 Å². The Morgan fingerprint density at radius 2 is 2.33 bits per heavy atom. The van der Waals surface area contributed by atoms with Gasteiger partial charge in [0.1, 0.15) is 5.60 Å². The van der Waals surface area contributed by atoms with E-state index in [1.165, 1.54) is 24.6 Å². The molecule has 0 spiro atoms. The minimum atomic E-state index is -0.774. The van der Waals surface area contributed by atoms with Crippen molar-refractivity contribution in [2.24, 2.45) is 11.8 Å². The summed E-state index contributed by atoms with van der Waals surface area (Å²) in [6.45, 7) is 1.97. The first-order chi connectivity index (χ1) is 11.5. The summed E-state index contributed by atoms with van der Waals surface area (Å²) >= 11 is 1.35. The zero-order chi connectivity index (χ0) is 16.9. The van der Waals surface area contributed by atoms with Gasteiger partial charge in [-0.2, -0.15) is 0 Å². The third-order valence-corrected chi connectivity index (χ3v) is 5.59. The average molecular weight is 351 g/mol. The number of ether oxygens (including phenoxy) is 3. The van der Waals surface area contributed by atoms with Gasteiger partial charge in [0, 0.05) is 24.5 Å². The van der Waals surface area contributed by atoms with E-state index in [9.17, 15) is 9.59 Å². The van der Waals surface area contributed by atoms with E-state index in [-0.39, 0.29) is 23.8 Å². The van der Waals surface area contributed by atoms with Crippen LogP contribution < -0.4 is 10.6 Å². The van der Waals surface area contributed by atoms with E-state index in [0.29, 0.717) is 17.1 Å². The summed E-state index contributed by atoms with van der Waals surface area (Å²) in [5.41, 5.74) is 0.105. The van der Waals surface area contributed by atoms with Gasteiger partial charge in [-0.1, -0.05) is 0 Å². The van der Waals surface area contributed by atoms with Crippen molar-refractivity contribution in [2.45, 2.75) is 31.3 Å². The Hall–Kier alpha value is -2.13. The van der Waals surface area contributed by atoms with Crippen molar-refractivity contribution in [3.05, 3.63) is 23.4 Å². The molecule has 1 saturated carbocycles. The molecule has 8 nitrogen and oxygen atoms in total. The van der Waals surface area contributed by atoms with Crippen LogP contribution in [0.15, 0.2) is 23.4 Å². The zero-order valence-electron chi connectivity index (χ0n) is 13.1. The molecule has 0 bridgehead atoms. The molecular formula is C15H17N3O5S. The quantitative estimate of drug-likeness (QED) is 0.800. The number of nitrogens with zero attached hydrogens (tertiary/aromatic N) is 1. The van der Waals surface area contributed by atoms with Gasteiger partial charge in [-0.15, -0.1) is 11.3 Å². The summed E-state index contributed by atoms with van der Waals surface area (Å²) in [7, 11) is 1.48. The minimum absolute atomic E-state index is 0.0565. The number of alkyl carbamates (subject to hydrolysis) is 1. The molecule has 5 unspecified atom stereocenters. The Morgan fingerprint density at radius 3 is 3.04 bits per heavy atom. The lowest BCUT2D eigenvalue weighted by atomic mass is 9.82. The van der Waals surface area contributed by atoms with Crippen LogP contribution in [0.2, 0.25) is 0 Å². The second-order valence-corrected chi connectivity index (χ2v) is 7.08. The highest BCUT2D eigenvalue weighted by Gasteiger charge is 2.70. The lowest BCUT2D eigenvalue weighted by Gasteiger charge is -2.35. The van der Waals surface area contributed by atoms with Crippen LogP contribution in [0.4, 0.5) is 9.93 Å². The SMILES string of the molecule is CNC(=O)OC1OC=C(C(=O)Nc2nccs2)C2CC3OC3(C)C12. The number of rotatable bonds is 3. The number of nitrogens with one attached hydrogen (secondary N) is 2. The Kier molecular flexibility index (Phi) is 3.50. The summed E-state index contributed by atoms with van der Waals surface area (Å²) in [6.07, 6.45) is 2.43. The molecule has 4 rings (SSSR count). The molecule has 1 aromatic rings. The van der Waals surface area contributed by atoms with E-state index >= 15 is 0 Å². The van der Waals surface area contributed by atoms with E-state index < -0.39 is 18.0 Å². The second-order valence-electron chi connectivity index (χ2n) is 6.18. The van der Waals surface area contributed by atoms with Crippen molar-refractivity contribution in [1.82, 2.24) is 10.3 Å². The number of hydrogen-bond donors (Lipinski definition) is 2. The molecule has 1 aromatic heterocycles. The molecule has 2 N–H and O–H groups in total. The van der Waals surface area contributed by atoms with Gasteiger partial charge in [-0.25, -0.2) is 9.78 Å². The normalized spacial score (nSPS) is 35.8. The number of amides is 2. The molecule has 1 saturated heterocycles. The standard InChI is InChI=1S/C15H17N3O5S/c1-15-9(23-15)5-7-8(11(19)18-13-17-3-4-24-13)6-21-12(10(7)15)22-14(20)16-2/h3-4,6-7,9-10,12H,5H2,1-2H3,(H,16,20)(H,17,18,19). The smallest absolute Gasteiger partial charge is 0.409 e. The van der Waals surface area contributed by atoms with E-state index in [2.05, 4.69) is 15.6 Å². The number of thiazole rings is 1. The molecule has 9 heteroatoms. The first-order valence-electron chi connectivity index (χ1n) is 7.65. The maximum absolute atomic E-state index is 12.6. The molecule has 2 fully saturated rings. The van der Waals surface area contributed by atoms with Crippen molar-refractivity contribution in [3.8, 4) is 0 Å². The van der Waals surface area contributed by atoms with Crippen LogP contribution in [0.3, 0.4) is 0 Å². The Labute approximate surface area is 142 Å². The van der Waals surface area contributed by atoms with E-state index in [1.54, 1.807) is 11.6 Å². The summed E-state index contributed by atoms with van der Waals surface area (Å²) < 4.78 is 16.6. The first-order valence-corrected chi connectivity index (χ1v) is 8.53. The highest BCUT2D eigenvalue weighted by atomic mass is 32.1. The van der Waals surface area contributed by atoms with Crippen molar-refractivity contribution in [1.29, 1.82) is 0 Å². The maximum atomic E-state index is 12.6. The minimum Gasteiger partial charge on any atom is -0.461 e. The number of epoxide rings is 1. The monoisotopic (exact) mass is 351 g/mol. The number of anilines is 1. The predicted molar refractivity (Wildman–Crippen MR) is 84.1 cm³/mol. The molecule has 3 heterocycles. The first kappa shape index (κ1) is 15.4. The fraction of sp³-hybridized carbons (Fsp3) is 0.533. The van der Waals surface area contributed by atoms with Crippen molar-refractivity contribution < 1.29 is 23.8 Å². The van der Waals surface area contributed by atoms with E-state index in [0.717, 1.165) is 0 Å². The largest absolute Gasteiger partial charge is 0.461 e. The highest BCUT2D eigenvalue weighted by molar-refractivity contribution is 7.13. The van der Waals surface area contributed by atoms with Crippen LogP contribution in [0.25, 0.3) is 0 Å². The fourth-order valence-corrected chi connectivity index (χ4v) is 4.18. The number of carbonyl (C=O) groups excluding carboxylic acids is 2. The van der Waals surface area contributed by atoms with E-state index in [4.69, 9.17) is 14.2 Å². The van der Waals surface area contributed by atoms with Gasteiger partial charge in [-0.3, -0.25) is 10.1 Å². The summed E-state index contributed by atoms with van der Waals surface area (Å²) in [6, 6.07) is 0. The lowest BCUT2D eigenvalue weighted by molar-refractivity contribution is -0.140.